The highest BCUT2D eigenvalue weighted by molar-refractivity contribution is 5.85. The maximum atomic E-state index is 12.2. The van der Waals surface area contributed by atoms with Crippen LogP contribution in [0.15, 0.2) is 48.6 Å². The molecule has 0 amide bonds. The van der Waals surface area contributed by atoms with Gasteiger partial charge in [-0.2, -0.15) is 0 Å². The van der Waals surface area contributed by atoms with Crippen molar-refractivity contribution in [1.82, 2.24) is 4.90 Å². The van der Waals surface area contributed by atoms with Gasteiger partial charge in [0, 0.05) is 29.0 Å². The third kappa shape index (κ3) is 2.29. The van der Waals surface area contributed by atoms with Crippen LogP contribution in [0.1, 0.15) is 24.5 Å². The summed E-state index contributed by atoms with van der Waals surface area (Å²) < 4.78 is 12.0. The SMILES string of the molecule is C/C=C/C=C/C(=O)Oc1ccc2c3c1O[C@H]1[C@@H](O)C=C[C@H]4[C@@H](C2)N(C)CC[C@@]341. The third-order valence-corrected chi connectivity index (χ3v) is 6.88. The maximum absolute atomic E-state index is 12.2. The second kappa shape index (κ2) is 6.33. The first-order chi connectivity index (χ1) is 13.6. The van der Waals surface area contributed by atoms with E-state index in [9.17, 15) is 9.90 Å². The van der Waals surface area contributed by atoms with Crippen molar-refractivity contribution in [3.8, 4) is 11.5 Å². The Labute approximate surface area is 164 Å². The zero-order valence-electron chi connectivity index (χ0n) is 16.2. The summed E-state index contributed by atoms with van der Waals surface area (Å²) in [6.45, 7) is 2.86. The fourth-order valence-corrected chi connectivity index (χ4v) is 5.70. The summed E-state index contributed by atoms with van der Waals surface area (Å²) in [6.07, 6.45) is 11.6. The number of allylic oxidation sites excluding steroid dienone is 3. The number of rotatable bonds is 3. The molecule has 5 heteroatoms. The number of piperidine rings is 1. The average Bonchev–Trinajstić information content (AvgIpc) is 3.03. The molecule has 28 heavy (non-hydrogen) atoms. The molecule has 1 N–H and O–H groups in total. The summed E-state index contributed by atoms with van der Waals surface area (Å²) in [6, 6.07) is 4.30. The number of aliphatic hydroxyl groups is 1. The lowest BCUT2D eigenvalue weighted by Crippen LogP contribution is -2.64. The fraction of sp³-hybridized carbons (Fsp3) is 0.435. The Morgan fingerprint density at radius 3 is 3.04 bits per heavy atom. The molecule has 4 aliphatic rings. The molecule has 0 unspecified atom stereocenters. The molecule has 2 bridgehead atoms. The lowest BCUT2D eigenvalue weighted by atomic mass is 9.53. The molecule has 0 radical (unpaired) electrons. The number of likely N-dealkylation sites (N-methyl/N-ethyl adjacent to an activating group) is 1. The van der Waals surface area contributed by atoms with Gasteiger partial charge in [0.25, 0.3) is 0 Å². The number of benzene rings is 1. The van der Waals surface area contributed by atoms with Crippen LogP contribution in [0.25, 0.3) is 0 Å². The number of ether oxygens (including phenoxy) is 2. The zero-order chi connectivity index (χ0) is 19.5. The molecule has 2 heterocycles. The van der Waals surface area contributed by atoms with E-state index >= 15 is 0 Å². The summed E-state index contributed by atoms with van der Waals surface area (Å²) in [5, 5.41) is 10.7. The quantitative estimate of drug-likeness (QED) is 0.288. The molecule has 0 aromatic heterocycles. The highest BCUT2D eigenvalue weighted by Gasteiger charge is 2.64. The van der Waals surface area contributed by atoms with Crippen molar-refractivity contribution in [2.45, 2.75) is 43.4 Å². The van der Waals surface area contributed by atoms with Gasteiger partial charge in [0.15, 0.2) is 11.5 Å². The van der Waals surface area contributed by atoms with Gasteiger partial charge in [0.05, 0.1) is 0 Å². The molecule has 5 atom stereocenters. The van der Waals surface area contributed by atoms with E-state index < -0.39 is 12.1 Å². The van der Waals surface area contributed by atoms with E-state index in [4.69, 9.17) is 9.47 Å². The molecule has 1 spiro atoms. The number of hydrogen-bond acceptors (Lipinski definition) is 5. The van der Waals surface area contributed by atoms with Crippen molar-refractivity contribution in [1.29, 1.82) is 0 Å². The molecule has 146 valence electrons. The molecule has 5 rings (SSSR count). The smallest absolute Gasteiger partial charge is 0.336 e. The first-order valence-electron chi connectivity index (χ1n) is 9.97. The lowest BCUT2D eigenvalue weighted by molar-refractivity contribution is -0.129. The lowest BCUT2D eigenvalue weighted by Gasteiger charge is -2.56. The van der Waals surface area contributed by atoms with Crippen LogP contribution in [-0.4, -0.2) is 47.8 Å². The van der Waals surface area contributed by atoms with Crippen molar-refractivity contribution in [2.24, 2.45) is 5.92 Å². The van der Waals surface area contributed by atoms with Crippen molar-refractivity contribution in [3.63, 3.8) is 0 Å². The minimum absolute atomic E-state index is 0.239. The number of carbonyl (C=O) groups is 1. The molecular weight excluding hydrogens is 354 g/mol. The average molecular weight is 379 g/mol. The molecule has 1 fully saturated rings. The van der Waals surface area contributed by atoms with Gasteiger partial charge >= 0.3 is 5.97 Å². The Bertz CT molecular complexity index is 917. The first kappa shape index (κ1) is 17.7. The van der Waals surface area contributed by atoms with Crippen molar-refractivity contribution >= 4 is 5.97 Å². The van der Waals surface area contributed by atoms with Crippen molar-refractivity contribution < 1.29 is 19.4 Å². The van der Waals surface area contributed by atoms with Crippen LogP contribution < -0.4 is 9.47 Å². The normalized spacial score (nSPS) is 35.2. The number of carbonyl (C=O) groups excluding carboxylic acids is 1. The summed E-state index contributed by atoms with van der Waals surface area (Å²) >= 11 is 0. The molecule has 1 aromatic carbocycles. The Kier molecular flexibility index (Phi) is 4.00. The predicted octanol–water partition coefficient (Wildman–Crippen LogP) is 2.53. The minimum atomic E-state index is -0.656. The zero-order valence-corrected chi connectivity index (χ0v) is 16.2. The van der Waals surface area contributed by atoms with E-state index in [0.29, 0.717) is 23.5 Å². The Balaban J connectivity index is 1.60. The molecular formula is C23H25NO4. The summed E-state index contributed by atoms with van der Waals surface area (Å²) in [5.41, 5.74) is 2.16. The van der Waals surface area contributed by atoms with Crippen molar-refractivity contribution in [3.05, 3.63) is 59.7 Å². The maximum Gasteiger partial charge on any atom is 0.336 e. The molecule has 2 aliphatic heterocycles. The number of esters is 1. The van der Waals surface area contributed by atoms with E-state index in [0.717, 1.165) is 24.9 Å². The van der Waals surface area contributed by atoms with Gasteiger partial charge in [-0.05, 0) is 45.0 Å². The standard InChI is InChI=1S/C23H25NO4/c1-3-4-5-6-19(26)27-18-10-7-14-13-16-15-8-9-17(25)22-23(15,11-12-24(16)2)20(14)21(18)28-22/h3-10,15-17,22,25H,11-13H2,1-2H3/b4-3+,6-5+/t15-,16+,17-,22-,23-/m0/s1. The number of hydrogen-bond donors (Lipinski definition) is 1. The van der Waals surface area contributed by atoms with Gasteiger partial charge in [-0.25, -0.2) is 4.79 Å². The van der Waals surface area contributed by atoms with Gasteiger partial charge in [0.2, 0.25) is 0 Å². The van der Waals surface area contributed by atoms with Gasteiger partial charge in [-0.3, -0.25) is 0 Å². The predicted molar refractivity (Wildman–Crippen MR) is 106 cm³/mol. The molecule has 2 aliphatic carbocycles. The van der Waals surface area contributed by atoms with E-state index in [1.165, 1.54) is 11.6 Å². The van der Waals surface area contributed by atoms with Gasteiger partial charge in [-0.15, -0.1) is 0 Å². The van der Waals surface area contributed by atoms with Crippen LogP contribution in [0, 0.1) is 5.92 Å². The first-order valence-corrected chi connectivity index (χ1v) is 9.97. The summed E-state index contributed by atoms with van der Waals surface area (Å²) in [5.74, 6) is 0.957. The number of likely N-dealkylation sites (tertiary alicyclic amines) is 1. The van der Waals surface area contributed by atoms with Crippen LogP contribution in [-0.2, 0) is 16.6 Å². The highest BCUT2D eigenvalue weighted by atomic mass is 16.6. The fourth-order valence-electron chi connectivity index (χ4n) is 5.70. The Morgan fingerprint density at radius 2 is 2.21 bits per heavy atom. The topological polar surface area (TPSA) is 59.0 Å². The van der Waals surface area contributed by atoms with Gasteiger partial charge in [0.1, 0.15) is 12.2 Å². The van der Waals surface area contributed by atoms with Crippen LogP contribution >= 0.6 is 0 Å². The van der Waals surface area contributed by atoms with Crippen LogP contribution in [0.5, 0.6) is 11.5 Å². The summed E-state index contributed by atoms with van der Waals surface area (Å²) in [7, 11) is 2.18. The van der Waals surface area contributed by atoms with Crippen molar-refractivity contribution in [2.75, 3.05) is 13.6 Å². The number of nitrogens with zero attached hydrogens (tertiary/aromatic N) is 1. The van der Waals surface area contributed by atoms with E-state index in [1.54, 1.807) is 12.2 Å². The van der Waals surface area contributed by atoms with Crippen LogP contribution in [0.4, 0.5) is 0 Å². The molecule has 1 saturated heterocycles. The molecule has 1 aromatic rings. The van der Waals surface area contributed by atoms with Crippen LogP contribution in [0.2, 0.25) is 0 Å². The van der Waals surface area contributed by atoms with E-state index in [1.807, 2.05) is 25.1 Å². The molecule has 0 saturated carbocycles. The van der Waals surface area contributed by atoms with Crippen LogP contribution in [0.3, 0.4) is 0 Å². The van der Waals surface area contributed by atoms with E-state index in [2.05, 4.69) is 24.1 Å². The third-order valence-electron chi connectivity index (χ3n) is 6.88. The van der Waals surface area contributed by atoms with Gasteiger partial charge in [-0.1, -0.05) is 36.4 Å². The van der Waals surface area contributed by atoms with Gasteiger partial charge < -0.3 is 19.5 Å². The molecule has 5 nitrogen and oxygen atoms in total. The monoisotopic (exact) mass is 379 g/mol. The minimum Gasteiger partial charge on any atom is -0.482 e. The summed E-state index contributed by atoms with van der Waals surface area (Å²) in [4.78, 5) is 14.6. The Morgan fingerprint density at radius 1 is 1.36 bits per heavy atom. The second-order valence-electron chi connectivity index (χ2n) is 8.22. The second-order valence-corrected chi connectivity index (χ2v) is 8.22. The van der Waals surface area contributed by atoms with E-state index in [-0.39, 0.29) is 11.5 Å². The Hall–Kier alpha value is -2.37. The number of aliphatic hydroxyl groups excluding tert-OH is 1. The highest BCUT2D eigenvalue weighted by Crippen LogP contribution is 2.62. The largest absolute Gasteiger partial charge is 0.482 e.